The van der Waals surface area contributed by atoms with Crippen molar-refractivity contribution in [2.45, 2.75) is 31.8 Å². The topological polar surface area (TPSA) is 71.8 Å². The van der Waals surface area contributed by atoms with Gasteiger partial charge in [0.25, 0.3) is 0 Å². The van der Waals surface area contributed by atoms with E-state index in [0.29, 0.717) is 22.9 Å². The molecule has 0 saturated heterocycles. The van der Waals surface area contributed by atoms with Crippen LogP contribution in [-0.4, -0.2) is 29.4 Å². The van der Waals surface area contributed by atoms with Crippen molar-refractivity contribution in [2.75, 3.05) is 14.2 Å². The molecule has 6 heteroatoms. The smallest absolute Gasteiger partial charge is 0.211 e. The highest BCUT2D eigenvalue weighted by molar-refractivity contribution is 6.11. The molecule has 5 rings (SSSR count). The maximum absolute atomic E-state index is 11.2. The van der Waals surface area contributed by atoms with Gasteiger partial charge < -0.3 is 19.7 Å². The third-order valence-corrected chi connectivity index (χ3v) is 6.49. The van der Waals surface area contributed by atoms with Gasteiger partial charge in [0.1, 0.15) is 0 Å². The first kappa shape index (κ1) is 19.1. The number of aliphatic hydroxyl groups is 1. The lowest BCUT2D eigenvalue weighted by Crippen LogP contribution is -2.26. The van der Waals surface area contributed by atoms with Gasteiger partial charge in [0.05, 0.1) is 25.8 Å². The number of aromatic hydroxyl groups is 1. The first-order valence-electron chi connectivity index (χ1n) is 9.50. The van der Waals surface area contributed by atoms with Gasteiger partial charge in [-0.3, -0.25) is 0 Å². The number of pyridine rings is 1. The summed E-state index contributed by atoms with van der Waals surface area (Å²) in [7, 11) is 3.26. The standard InChI is InChI=1S/C22H23NO4.ClH/c1-26-17-9-14-13-6-7-19(24)23-21(13)20-16(15(14)10-18(17)27-2)8-11-4-3-5-12(11)22(20)25;/h6-7,9-12,22,25H,3-5,8H2,1-2H3,(H,23,24);1H/t11?,12-,22-;/m0./s1. The molecule has 1 unspecified atom stereocenters. The molecule has 148 valence electrons. The Morgan fingerprint density at radius 3 is 2.43 bits per heavy atom. The van der Waals surface area contributed by atoms with E-state index in [1.807, 2.05) is 18.2 Å². The Hall–Kier alpha value is -2.24. The van der Waals surface area contributed by atoms with Gasteiger partial charge in [0, 0.05) is 17.0 Å². The summed E-state index contributed by atoms with van der Waals surface area (Å²) in [5.41, 5.74) is 2.71. The van der Waals surface area contributed by atoms with Crippen molar-refractivity contribution in [3.63, 3.8) is 0 Å². The highest BCUT2D eigenvalue weighted by Gasteiger charge is 2.40. The van der Waals surface area contributed by atoms with Crippen LogP contribution in [0.1, 0.15) is 36.5 Å². The number of ether oxygens (including phenoxy) is 2. The molecular formula is C22H24ClNO4. The number of aliphatic hydroxyl groups excluding tert-OH is 1. The highest BCUT2D eigenvalue weighted by atomic mass is 35.5. The Morgan fingerprint density at radius 1 is 1.00 bits per heavy atom. The van der Waals surface area contributed by atoms with Gasteiger partial charge in [-0.15, -0.1) is 12.4 Å². The monoisotopic (exact) mass is 401 g/mol. The van der Waals surface area contributed by atoms with Crippen LogP contribution in [0.2, 0.25) is 0 Å². The summed E-state index contributed by atoms with van der Waals surface area (Å²) in [5, 5.41) is 24.3. The molecule has 0 bridgehead atoms. The minimum absolute atomic E-state index is 0. The van der Waals surface area contributed by atoms with Crippen molar-refractivity contribution in [3.05, 3.63) is 35.4 Å². The second kappa shape index (κ2) is 6.98. The number of hydrogen-bond acceptors (Lipinski definition) is 5. The van der Waals surface area contributed by atoms with Crippen LogP contribution < -0.4 is 9.47 Å². The molecule has 0 amide bonds. The Balaban J connectivity index is 0.00000192. The lowest BCUT2D eigenvalue weighted by atomic mass is 9.73. The van der Waals surface area contributed by atoms with Crippen LogP contribution in [0.5, 0.6) is 17.4 Å². The largest absolute Gasteiger partial charge is 0.493 e. The summed E-state index contributed by atoms with van der Waals surface area (Å²) < 4.78 is 11.0. The van der Waals surface area contributed by atoms with E-state index < -0.39 is 6.10 Å². The minimum atomic E-state index is -0.546. The first-order valence-corrected chi connectivity index (χ1v) is 9.50. The molecule has 2 aliphatic carbocycles. The molecule has 28 heavy (non-hydrogen) atoms. The second-order valence-corrected chi connectivity index (χ2v) is 7.71. The fourth-order valence-corrected chi connectivity index (χ4v) is 5.26. The number of rotatable bonds is 2. The number of halogens is 1. The van der Waals surface area contributed by atoms with Crippen molar-refractivity contribution >= 4 is 34.1 Å². The van der Waals surface area contributed by atoms with Crippen molar-refractivity contribution in [1.29, 1.82) is 0 Å². The quantitative estimate of drug-likeness (QED) is 0.617. The lowest BCUT2D eigenvalue weighted by molar-refractivity contribution is 0.0758. The molecule has 0 spiro atoms. The van der Waals surface area contributed by atoms with Gasteiger partial charge in [-0.25, -0.2) is 4.98 Å². The van der Waals surface area contributed by atoms with Gasteiger partial charge in [-0.2, -0.15) is 0 Å². The van der Waals surface area contributed by atoms with E-state index in [2.05, 4.69) is 4.98 Å². The summed E-state index contributed by atoms with van der Waals surface area (Å²) in [4.78, 5) is 4.43. The van der Waals surface area contributed by atoms with E-state index in [1.165, 1.54) is 0 Å². The number of aromatic nitrogens is 1. The highest BCUT2D eigenvalue weighted by Crippen LogP contribution is 2.51. The Bertz CT molecular complexity index is 1070. The Labute approximate surface area is 169 Å². The zero-order chi connectivity index (χ0) is 18.7. The van der Waals surface area contributed by atoms with Crippen molar-refractivity contribution < 1.29 is 19.7 Å². The third kappa shape index (κ3) is 2.60. The Morgan fingerprint density at radius 2 is 1.71 bits per heavy atom. The number of fused-ring (bicyclic) bond motifs is 7. The fourth-order valence-electron chi connectivity index (χ4n) is 5.26. The van der Waals surface area contributed by atoms with Crippen molar-refractivity contribution in [2.24, 2.45) is 11.8 Å². The van der Waals surface area contributed by atoms with E-state index in [1.54, 1.807) is 20.3 Å². The molecule has 3 aromatic rings. The predicted octanol–water partition coefficient (Wildman–Crippen LogP) is 4.54. The van der Waals surface area contributed by atoms with Gasteiger partial charge >= 0.3 is 0 Å². The summed E-state index contributed by atoms with van der Waals surface area (Å²) in [6.07, 6.45) is 3.75. The van der Waals surface area contributed by atoms with E-state index >= 15 is 0 Å². The SMILES string of the molecule is COc1cc2c3c(c4nc(O)ccc4c2cc1OC)[C@@H](O)[C@H]1CCCC1C3.Cl. The van der Waals surface area contributed by atoms with E-state index in [-0.39, 0.29) is 24.2 Å². The van der Waals surface area contributed by atoms with Gasteiger partial charge in [0.2, 0.25) is 5.88 Å². The number of hydrogen-bond donors (Lipinski definition) is 2. The molecule has 1 saturated carbocycles. The zero-order valence-electron chi connectivity index (χ0n) is 15.9. The zero-order valence-corrected chi connectivity index (χ0v) is 16.8. The van der Waals surface area contributed by atoms with Crippen LogP contribution in [0.4, 0.5) is 0 Å². The normalized spacial score (nSPS) is 23.2. The van der Waals surface area contributed by atoms with E-state index in [0.717, 1.165) is 53.0 Å². The molecule has 2 aromatic carbocycles. The molecule has 0 aliphatic heterocycles. The maximum atomic E-state index is 11.2. The molecule has 1 heterocycles. The summed E-state index contributed by atoms with van der Waals surface area (Å²) in [5.74, 6) is 2.10. The van der Waals surface area contributed by atoms with Crippen molar-refractivity contribution in [3.8, 4) is 17.4 Å². The molecule has 5 nitrogen and oxygen atoms in total. The molecule has 2 N–H and O–H groups in total. The van der Waals surface area contributed by atoms with Crippen molar-refractivity contribution in [1.82, 2.24) is 4.98 Å². The first-order chi connectivity index (χ1) is 13.1. The van der Waals surface area contributed by atoms with Crippen LogP contribution in [-0.2, 0) is 6.42 Å². The molecule has 0 radical (unpaired) electrons. The summed E-state index contributed by atoms with van der Waals surface area (Å²) >= 11 is 0. The number of nitrogens with zero attached hydrogens (tertiary/aromatic N) is 1. The minimum Gasteiger partial charge on any atom is -0.493 e. The number of methoxy groups -OCH3 is 2. The van der Waals surface area contributed by atoms with Gasteiger partial charge in [0.15, 0.2) is 11.5 Å². The lowest BCUT2D eigenvalue weighted by Gasteiger charge is -2.34. The summed E-state index contributed by atoms with van der Waals surface area (Å²) in [6, 6.07) is 7.46. The summed E-state index contributed by atoms with van der Waals surface area (Å²) in [6.45, 7) is 0. The average Bonchev–Trinajstić information content (AvgIpc) is 3.15. The van der Waals surface area contributed by atoms with Gasteiger partial charge in [-0.05, 0) is 65.6 Å². The van der Waals surface area contributed by atoms with Crippen LogP contribution >= 0.6 is 12.4 Å². The van der Waals surface area contributed by atoms with E-state index in [4.69, 9.17) is 9.47 Å². The van der Waals surface area contributed by atoms with E-state index in [9.17, 15) is 10.2 Å². The fraction of sp³-hybridized carbons (Fsp3) is 0.409. The Kier molecular flexibility index (Phi) is 4.76. The molecule has 3 atom stereocenters. The van der Waals surface area contributed by atoms with Crippen LogP contribution in [0, 0.1) is 11.8 Å². The van der Waals surface area contributed by atoms with Gasteiger partial charge in [-0.1, -0.05) is 6.42 Å². The molecule has 1 aromatic heterocycles. The second-order valence-electron chi connectivity index (χ2n) is 7.71. The predicted molar refractivity (Wildman–Crippen MR) is 111 cm³/mol. The molecular weight excluding hydrogens is 378 g/mol. The van der Waals surface area contributed by atoms with Crippen LogP contribution in [0.25, 0.3) is 21.7 Å². The maximum Gasteiger partial charge on any atom is 0.211 e. The van der Waals surface area contributed by atoms with Crippen LogP contribution in [0.3, 0.4) is 0 Å². The number of benzene rings is 2. The third-order valence-electron chi connectivity index (χ3n) is 6.49. The average molecular weight is 402 g/mol. The molecule has 1 fully saturated rings. The molecule has 2 aliphatic rings. The van der Waals surface area contributed by atoms with Crippen LogP contribution in [0.15, 0.2) is 24.3 Å².